The Morgan fingerprint density at radius 3 is 2.86 bits per heavy atom. The van der Waals surface area contributed by atoms with E-state index in [0.29, 0.717) is 12.0 Å². The molecule has 0 fully saturated rings. The summed E-state index contributed by atoms with van der Waals surface area (Å²) < 4.78 is 0. The minimum atomic E-state index is 0.401. The maximum absolute atomic E-state index is 3.56. The predicted octanol–water partition coefficient (Wildman–Crippen LogP) is 4.79. The largest absolute Gasteiger partial charge is 0.312 e. The van der Waals surface area contributed by atoms with Crippen LogP contribution in [0.1, 0.15) is 42.0 Å². The number of likely N-dealkylation sites (N-methyl/N-ethyl adjacent to an activating group) is 1. The normalized spacial score (nSPS) is 18.5. The monoisotopic (exact) mass is 297 g/mol. The third kappa shape index (κ3) is 3.02. The molecular formula is C19H23NS. The Balaban J connectivity index is 1.91. The molecule has 2 aromatic carbocycles. The first-order chi connectivity index (χ1) is 10.3. The molecule has 1 nitrogen and oxygen atoms in total. The summed E-state index contributed by atoms with van der Waals surface area (Å²) in [5.41, 5.74) is 4.38. The summed E-state index contributed by atoms with van der Waals surface area (Å²) in [6.45, 7) is 2.24. The van der Waals surface area contributed by atoms with E-state index < -0.39 is 0 Å². The quantitative estimate of drug-likeness (QED) is 0.851. The van der Waals surface area contributed by atoms with E-state index in [1.807, 2.05) is 11.8 Å². The molecule has 21 heavy (non-hydrogen) atoms. The number of fused-ring (bicyclic) bond motifs is 1. The minimum Gasteiger partial charge on any atom is -0.312 e. The molecule has 1 aliphatic heterocycles. The van der Waals surface area contributed by atoms with Gasteiger partial charge in [0.05, 0.1) is 0 Å². The van der Waals surface area contributed by atoms with Crippen LogP contribution in [-0.2, 0) is 6.42 Å². The first kappa shape index (κ1) is 14.7. The van der Waals surface area contributed by atoms with Crippen molar-refractivity contribution in [1.29, 1.82) is 0 Å². The van der Waals surface area contributed by atoms with Crippen LogP contribution in [0, 0.1) is 0 Å². The predicted molar refractivity (Wildman–Crippen MR) is 92.1 cm³/mol. The van der Waals surface area contributed by atoms with Gasteiger partial charge in [-0.25, -0.2) is 0 Å². The van der Waals surface area contributed by atoms with Crippen LogP contribution >= 0.6 is 11.8 Å². The maximum atomic E-state index is 3.56. The first-order valence-corrected chi connectivity index (χ1v) is 8.80. The fourth-order valence-corrected chi connectivity index (χ4v) is 4.59. The first-order valence-electron chi connectivity index (χ1n) is 7.81. The minimum absolute atomic E-state index is 0.401. The summed E-state index contributed by atoms with van der Waals surface area (Å²) in [5.74, 6) is 1.73. The van der Waals surface area contributed by atoms with Crippen molar-refractivity contribution in [3.8, 4) is 0 Å². The van der Waals surface area contributed by atoms with Crippen LogP contribution in [-0.4, -0.2) is 12.8 Å². The summed E-state index contributed by atoms with van der Waals surface area (Å²) in [7, 11) is 2.09. The smallest absolute Gasteiger partial charge is 0.0395 e. The lowest BCUT2D eigenvalue weighted by Crippen LogP contribution is -2.24. The summed E-state index contributed by atoms with van der Waals surface area (Å²) in [5, 5.41) is 3.56. The molecule has 0 saturated heterocycles. The van der Waals surface area contributed by atoms with E-state index >= 15 is 0 Å². The van der Waals surface area contributed by atoms with Gasteiger partial charge in [-0.2, -0.15) is 0 Å². The van der Waals surface area contributed by atoms with Gasteiger partial charge < -0.3 is 5.32 Å². The average Bonchev–Trinajstić information content (AvgIpc) is 2.93. The van der Waals surface area contributed by atoms with E-state index in [1.54, 1.807) is 0 Å². The van der Waals surface area contributed by atoms with Crippen LogP contribution in [0.3, 0.4) is 0 Å². The Labute approximate surface area is 132 Å². The molecule has 0 radical (unpaired) electrons. The second-order valence-corrected chi connectivity index (χ2v) is 6.78. The van der Waals surface area contributed by atoms with E-state index in [9.17, 15) is 0 Å². The van der Waals surface area contributed by atoms with Gasteiger partial charge in [-0.1, -0.05) is 55.8 Å². The van der Waals surface area contributed by atoms with Gasteiger partial charge in [0.15, 0.2) is 0 Å². The molecule has 0 spiro atoms. The standard InChI is InChI=1S/C19H23NS/c1-3-7-14-8-6-9-15(12-14)19(20-2)17-13-21-18-11-5-4-10-16(17)18/h4-6,8-12,17,19-20H,3,7,13H2,1-2H3. The summed E-state index contributed by atoms with van der Waals surface area (Å²) in [4.78, 5) is 1.45. The lowest BCUT2D eigenvalue weighted by Gasteiger charge is -2.24. The Hall–Kier alpha value is -1.25. The summed E-state index contributed by atoms with van der Waals surface area (Å²) in [6, 6.07) is 18.4. The number of thioether (sulfide) groups is 1. The lowest BCUT2D eigenvalue weighted by atomic mass is 9.88. The van der Waals surface area contributed by atoms with Gasteiger partial charge >= 0.3 is 0 Å². The Morgan fingerprint density at radius 2 is 2.05 bits per heavy atom. The lowest BCUT2D eigenvalue weighted by molar-refractivity contribution is 0.514. The third-order valence-electron chi connectivity index (χ3n) is 4.30. The van der Waals surface area contributed by atoms with Crippen LogP contribution in [0.15, 0.2) is 53.4 Å². The number of nitrogens with one attached hydrogen (secondary N) is 1. The molecule has 2 atom stereocenters. The molecule has 1 N–H and O–H groups in total. The van der Waals surface area contributed by atoms with E-state index in [-0.39, 0.29) is 0 Å². The highest BCUT2D eigenvalue weighted by atomic mass is 32.2. The summed E-state index contributed by atoms with van der Waals surface area (Å²) >= 11 is 1.99. The van der Waals surface area contributed by atoms with Gasteiger partial charge in [0.2, 0.25) is 0 Å². The molecule has 0 bridgehead atoms. The van der Waals surface area contributed by atoms with Crippen molar-refractivity contribution in [2.24, 2.45) is 0 Å². The van der Waals surface area contributed by atoms with Crippen LogP contribution in [0.25, 0.3) is 0 Å². The van der Waals surface area contributed by atoms with Crippen molar-refractivity contribution >= 4 is 11.8 Å². The number of rotatable bonds is 5. The Bertz CT molecular complexity index is 608. The maximum Gasteiger partial charge on any atom is 0.0395 e. The zero-order chi connectivity index (χ0) is 14.7. The Kier molecular flexibility index (Phi) is 4.67. The molecule has 0 amide bonds. The zero-order valence-corrected chi connectivity index (χ0v) is 13.6. The number of benzene rings is 2. The molecule has 2 heteroatoms. The molecule has 0 aromatic heterocycles. The SMILES string of the molecule is CCCc1cccc(C(NC)C2CSc3ccccc32)c1. The van der Waals surface area contributed by atoms with Gasteiger partial charge in [0.1, 0.15) is 0 Å². The van der Waals surface area contributed by atoms with Crippen molar-refractivity contribution in [3.63, 3.8) is 0 Å². The number of aryl methyl sites for hydroxylation is 1. The number of hydrogen-bond donors (Lipinski definition) is 1. The van der Waals surface area contributed by atoms with Crippen molar-refractivity contribution in [2.75, 3.05) is 12.8 Å². The molecule has 1 heterocycles. The van der Waals surface area contributed by atoms with Crippen LogP contribution in [0.4, 0.5) is 0 Å². The van der Waals surface area contributed by atoms with E-state index in [2.05, 4.69) is 67.8 Å². The highest BCUT2D eigenvalue weighted by Gasteiger charge is 2.30. The second-order valence-electron chi connectivity index (χ2n) is 5.72. The molecule has 2 unspecified atom stereocenters. The van der Waals surface area contributed by atoms with Crippen molar-refractivity contribution in [3.05, 3.63) is 65.2 Å². The molecule has 110 valence electrons. The molecule has 3 rings (SSSR count). The van der Waals surface area contributed by atoms with Crippen molar-refractivity contribution < 1.29 is 0 Å². The van der Waals surface area contributed by atoms with Gasteiger partial charge in [0, 0.05) is 22.6 Å². The second kappa shape index (κ2) is 6.67. The van der Waals surface area contributed by atoms with Gasteiger partial charge in [-0.15, -0.1) is 11.8 Å². The average molecular weight is 297 g/mol. The highest BCUT2D eigenvalue weighted by Crippen LogP contribution is 2.45. The molecule has 0 saturated carbocycles. The van der Waals surface area contributed by atoms with Crippen molar-refractivity contribution in [2.45, 2.75) is 36.6 Å². The van der Waals surface area contributed by atoms with E-state index in [0.717, 1.165) is 0 Å². The third-order valence-corrected chi connectivity index (χ3v) is 5.51. The molecule has 0 aliphatic carbocycles. The van der Waals surface area contributed by atoms with E-state index in [1.165, 1.54) is 40.2 Å². The fraction of sp³-hybridized carbons (Fsp3) is 0.368. The van der Waals surface area contributed by atoms with Gasteiger partial charge in [0.25, 0.3) is 0 Å². The van der Waals surface area contributed by atoms with Crippen LogP contribution < -0.4 is 5.32 Å². The van der Waals surface area contributed by atoms with Crippen molar-refractivity contribution in [1.82, 2.24) is 5.32 Å². The zero-order valence-electron chi connectivity index (χ0n) is 12.8. The van der Waals surface area contributed by atoms with Crippen LogP contribution in [0.5, 0.6) is 0 Å². The number of hydrogen-bond acceptors (Lipinski definition) is 2. The molecule has 2 aromatic rings. The fourth-order valence-electron chi connectivity index (χ4n) is 3.29. The molecule has 1 aliphatic rings. The topological polar surface area (TPSA) is 12.0 Å². The van der Waals surface area contributed by atoms with Gasteiger partial charge in [-0.3, -0.25) is 0 Å². The Morgan fingerprint density at radius 1 is 1.19 bits per heavy atom. The molecular weight excluding hydrogens is 274 g/mol. The highest BCUT2D eigenvalue weighted by molar-refractivity contribution is 7.99. The summed E-state index contributed by atoms with van der Waals surface area (Å²) in [6.07, 6.45) is 2.37. The van der Waals surface area contributed by atoms with Gasteiger partial charge in [-0.05, 0) is 36.2 Å². The van der Waals surface area contributed by atoms with Crippen LogP contribution in [0.2, 0.25) is 0 Å². The van der Waals surface area contributed by atoms with E-state index in [4.69, 9.17) is 0 Å².